The van der Waals surface area contributed by atoms with Gasteiger partial charge >= 0.3 is 24.0 Å². The monoisotopic (exact) mass is 881 g/mol. The fourth-order valence-electron chi connectivity index (χ4n) is 13.9. The molecule has 5 aliphatic heterocycles. The van der Waals surface area contributed by atoms with Crippen molar-refractivity contribution >= 4 is 40.6 Å². The number of ether oxygens (including phenoxy) is 5. The number of para-hydroxylation sites is 1. The minimum atomic E-state index is -2.33. The molecule has 6 heterocycles. The summed E-state index contributed by atoms with van der Waals surface area (Å²) in [7, 11) is 9.50. The number of esters is 3. The number of benzene rings is 2. The Bertz CT molecular complexity index is 2430. The molecule has 344 valence electrons. The molecule has 1 amide bonds. The number of carbonyl (C=O) groups is 4. The SMILES string of the molecule is CC[C@]1(OC(=O)N(C)C)C[C@@H]2CN(CCc3c([nH]c4ccccc34)[C@@](C(=O)OC)(c3cc4c(cc3OC)N(C)[C@H]3[C@@](O)(C(=O)OC)[C@H](OC(C)=O)[C@]5(CC)C=CCN6CC[C@]43[C@@H]65)C2)C1. The van der Waals surface area contributed by atoms with Gasteiger partial charge in [-0.05, 0) is 74.2 Å². The Morgan fingerprint density at radius 1 is 0.953 bits per heavy atom. The van der Waals surface area contributed by atoms with Gasteiger partial charge in [0.25, 0.3) is 0 Å². The van der Waals surface area contributed by atoms with E-state index in [-0.39, 0.29) is 18.4 Å². The van der Waals surface area contributed by atoms with Crippen LogP contribution in [0, 0.1) is 11.3 Å². The third-order valence-electron chi connectivity index (χ3n) is 16.2. The molecule has 2 aromatic carbocycles. The molecule has 0 radical (unpaired) electrons. The van der Waals surface area contributed by atoms with Crippen LogP contribution in [-0.4, -0.2) is 153 Å². The average Bonchev–Trinajstić information content (AvgIpc) is 3.95. The molecule has 1 spiro atoms. The number of nitrogens with zero attached hydrogens (tertiary/aromatic N) is 4. The molecule has 2 bridgehead atoms. The van der Waals surface area contributed by atoms with E-state index in [1.165, 1.54) is 26.0 Å². The summed E-state index contributed by atoms with van der Waals surface area (Å²) < 4.78 is 30.5. The van der Waals surface area contributed by atoms with Crippen LogP contribution in [0.4, 0.5) is 10.5 Å². The Balaban J connectivity index is 1.34. The van der Waals surface area contributed by atoms with Crippen LogP contribution in [0.15, 0.2) is 48.6 Å². The minimum absolute atomic E-state index is 0.159. The van der Waals surface area contributed by atoms with Crippen LogP contribution in [0.25, 0.3) is 10.9 Å². The van der Waals surface area contributed by atoms with Crippen molar-refractivity contribution < 1.29 is 48.0 Å². The zero-order chi connectivity index (χ0) is 45.7. The maximum Gasteiger partial charge on any atom is 0.409 e. The number of fused-ring (bicyclic) bond motifs is 6. The van der Waals surface area contributed by atoms with Crippen molar-refractivity contribution in [3.05, 3.63) is 70.9 Å². The van der Waals surface area contributed by atoms with E-state index in [1.54, 1.807) is 21.2 Å². The molecule has 15 nitrogen and oxygen atoms in total. The molecular formula is C49H63N5O10. The average molecular weight is 882 g/mol. The molecule has 1 aliphatic carbocycles. The van der Waals surface area contributed by atoms with Crippen molar-refractivity contribution in [3.8, 4) is 5.75 Å². The van der Waals surface area contributed by atoms with Gasteiger partial charge in [0.05, 0.1) is 27.4 Å². The van der Waals surface area contributed by atoms with E-state index in [4.69, 9.17) is 23.7 Å². The summed E-state index contributed by atoms with van der Waals surface area (Å²) in [5.74, 6) is -1.70. The van der Waals surface area contributed by atoms with E-state index < -0.39 is 63.6 Å². The molecule has 9 rings (SSSR count). The molecule has 2 N–H and O–H groups in total. The lowest BCUT2D eigenvalue weighted by molar-refractivity contribution is -0.228. The van der Waals surface area contributed by atoms with E-state index in [9.17, 15) is 19.5 Å². The lowest BCUT2D eigenvalue weighted by atomic mass is 9.47. The van der Waals surface area contributed by atoms with Crippen molar-refractivity contribution in [3.63, 3.8) is 0 Å². The third-order valence-corrected chi connectivity index (χ3v) is 16.2. The van der Waals surface area contributed by atoms with Gasteiger partial charge < -0.3 is 43.6 Å². The lowest BCUT2D eigenvalue weighted by Gasteiger charge is -2.63. The number of anilines is 1. The summed E-state index contributed by atoms with van der Waals surface area (Å²) in [6, 6.07) is 10.9. The lowest BCUT2D eigenvalue weighted by Crippen LogP contribution is -2.81. The molecule has 6 aliphatic rings. The number of hydrogen-bond donors (Lipinski definition) is 2. The van der Waals surface area contributed by atoms with Gasteiger partial charge in [-0.25, -0.2) is 9.59 Å². The molecule has 10 atom stereocenters. The molecular weight excluding hydrogens is 819 g/mol. The van der Waals surface area contributed by atoms with Crippen molar-refractivity contribution in [1.29, 1.82) is 0 Å². The highest BCUT2D eigenvalue weighted by Crippen LogP contribution is 2.68. The Kier molecular flexibility index (Phi) is 10.7. The highest BCUT2D eigenvalue weighted by molar-refractivity contribution is 5.95. The van der Waals surface area contributed by atoms with Gasteiger partial charge in [0.1, 0.15) is 16.8 Å². The summed E-state index contributed by atoms with van der Waals surface area (Å²) in [6.45, 7) is 8.52. The van der Waals surface area contributed by atoms with Crippen LogP contribution in [0.5, 0.6) is 5.75 Å². The first kappa shape index (κ1) is 44.1. The number of aromatic nitrogens is 1. The van der Waals surface area contributed by atoms with Crippen molar-refractivity contribution in [2.24, 2.45) is 11.3 Å². The van der Waals surface area contributed by atoms with Crippen molar-refractivity contribution in [2.45, 2.75) is 99.5 Å². The van der Waals surface area contributed by atoms with E-state index in [0.29, 0.717) is 76.1 Å². The molecule has 3 fully saturated rings. The Morgan fingerprint density at radius 3 is 2.38 bits per heavy atom. The van der Waals surface area contributed by atoms with Gasteiger partial charge in [-0.1, -0.05) is 44.2 Å². The van der Waals surface area contributed by atoms with Gasteiger partial charge in [0.15, 0.2) is 6.10 Å². The summed E-state index contributed by atoms with van der Waals surface area (Å²) in [6.07, 6.45) is 5.38. The van der Waals surface area contributed by atoms with Crippen LogP contribution >= 0.6 is 0 Å². The molecule has 1 saturated carbocycles. The van der Waals surface area contributed by atoms with Crippen molar-refractivity contribution in [2.75, 3.05) is 80.1 Å². The van der Waals surface area contributed by atoms with Crippen LogP contribution in [0.2, 0.25) is 0 Å². The van der Waals surface area contributed by atoms with Crippen LogP contribution < -0.4 is 9.64 Å². The van der Waals surface area contributed by atoms with E-state index in [2.05, 4.69) is 33.8 Å². The number of aliphatic hydroxyl groups is 1. The Labute approximate surface area is 374 Å². The molecule has 2 saturated heterocycles. The van der Waals surface area contributed by atoms with Crippen LogP contribution in [0.1, 0.15) is 75.3 Å². The zero-order valence-corrected chi connectivity index (χ0v) is 38.6. The minimum Gasteiger partial charge on any atom is -0.496 e. The molecule has 1 unspecified atom stereocenters. The van der Waals surface area contributed by atoms with Crippen molar-refractivity contribution in [1.82, 2.24) is 19.7 Å². The van der Waals surface area contributed by atoms with Gasteiger partial charge in [0.2, 0.25) is 5.60 Å². The van der Waals surface area contributed by atoms with Gasteiger partial charge in [-0.2, -0.15) is 0 Å². The maximum atomic E-state index is 15.6. The third kappa shape index (κ3) is 5.87. The number of hydrogen-bond acceptors (Lipinski definition) is 13. The summed E-state index contributed by atoms with van der Waals surface area (Å²) >= 11 is 0. The zero-order valence-electron chi connectivity index (χ0n) is 38.6. The number of H-pyrrole nitrogens is 1. The summed E-state index contributed by atoms with van der Waals surface area (Å²) in [5.41, 5.74) is -1.79. The fraction of sp³-hybridized carbons (Fsp3) is 0.592. The Morgan fingerprint density at radius 2 is 1.70 bits per heavy atom. The summed E-state index contributed by atoms with van der Waals surface area (Å²) in [5, 5.41) is 14.4. The largest absolute Gasteiger partial charge is 0.496 e. The molecule has 15 heteroatoms. The number of nitrogens with one attached hydrogen (secondary N) is 1. The normalized spacial score (nSPS) is 34.8. The first-order valence-electron chi connectivity index (χ1n) is 22.7. The topological polar surface area (TPSA) is 163 Å². The summed E-state index contributed by atoms with van der Waals surface area (Å²) in [4.78, 5) is 68.4. The van der Waals surface area contributed by atoms with Gasteiger partial charge in [0, 0.05) is 105 Å². The standard InChI is InChI=1S/C49H63N5O10/c1-10-45(64-44(58)51(4)5)25-30-26-48(42(56)61-8,38-32(17-21-53(27-30)28-45)31-15-12-13-16-35(31)50-38)34-23-33-36(24-37(34)60-7)52(6)40-47(33)19-22-54-20-14-18-46(11-2,39(47)54)41(63-29(3)55)49(40,59)43(57)62-9/h12-16,18,23-24,30,39-41,50,59H,10-11,17,19-22,25-28H2,1-9H3/t30-,39-,40+,41+,45-,46+,47+,48-,49-/m0/s1. The quantitative estimate of drug-likeness (QED) is 0.182. The second-order valence-electron chi connectivity index (χ2n) is 19.4. The van der Waals surface area contributed by atoms with Crippen LogP contribution in [0.3, 0.4) is 0 Å². The number of carbonyl (C=O) groups excluding carboxylic acids is 4. The highest BCUT2D eigenvalue weighted by atomic mass is 16.6. The number of methoxy groups -OCH3 is 3. The maximum absolute atomic E-state index is 15.6. The fourth-order valence-corrected chi connectivity index (χ4v) is 13.9. The van der Waals surface area contributed by atoms with Crippen LogP contribution in [-0.2, 0) is 50.6 Å². The predicted molar refractivity (Wildman–Crippen MR) is 238 cm³/mol. The first-order chi connectivity index (χ1) is 30.5. The number of piperidine rings is 1. The van der Waals surface area contributed by atoms with E-state index >= 15 is 4.79 Å². The number of amides is 1. The molecule has 64 heavy (non-hydrogen) atoms. The highest BCUT2D eigenvalue weighted by Gasteiger charge is 2.80. The second-order valence-corrected chi connectivity index (χ2v) is 19.4. The predicted octanol–water partition coefficient (Wildman–Crippen LogP) is 4.70. The number of rotatable bonds is 8. The number of aromatic amines is 1. The second kappa shape index (κ2) is 15.5. The molecule has 3 aromatic rings. The first-order valence-corrected chi connectivity index (χ1v) is 22.7. The number of likely N-dealkylation sites (N-methyl/N-ethyl adjacent to an activating group) is 1. The van der Waals surface area contributed by atoms with E-state index in [1.807, 2.05) is 55.3 Å². The smallest absolute Gasteiger partial charge is 0.409 e. The van der Waals surface area contributed by atoms with E-state index in [0.717, 1.165) is 33.4 Å². The Hall–Kier alpha value is -5.12. The van der Waals surface area contributed by atoms with Gasteiger partial charge in [-0.3, -0.25) is 19.4 Å². The van der Waals surface area contributed by atoms with Gasteiger partial charge in [-0.15, -0.1) is 0 Å². The molecule has 1 aromatic heterocycles.